The number of nitrogens with two attached hydrogens (primary N) is 1. The smallest absolute Gasteiger partial charge is 0.389 e. The number of anilines is 1. The van der Waals surface area contributed by atoms with Gasteiger partial charge in [-0.2, -0.15) is 18.4 Å². The molecule has 0 radical (unpaired) electrons. The first-order valence-corrected chi connectivity index (χ1v) is 10.8. The third kappa shape index (κ3) is 4.54. The molecule has 0 unspecified atom stereocenters. The van der Waals surface area contributed by atoms with Crippen molar-refractivity contribution in [1.82, 2.24) is 5.32 Å². The number of carbonyl (C=O) groups is 1. The second kappa shape index (κ2) is 8.47. The summed E-state index contributed by atoms with van der Waals surface area (Å²) >= 11 is 0. The van der Waals surface area contributed by atoms with Crippen LogP contribution in [-0.4, -0.2) is 18.7 Å². The number of benzene rings is 2. The normalized spacial score (nSPS) is 19.9. The Kier molecular flexibility index (Phi) is 5.83. The number of rotatable bonds is 5. The maximum Gasteiger partial charge on any atom is 0.389 e. The largest absolute Gasteiger partial charge is 0.494 e. The van der Waals surface area contributed by atoms with Crippen molar-refractivity contribution in [2.45, 2.75) is 50.7 Å². The van der Waals surface area contributed by atoms with Crippen molar-refractivity contribution in [1.29, 1.82) is 5.26 Å². The third-order valence-corrected chi connectivity index (χ3v) is 6.39. The third-order valence-electron chi connectivity index (χ3n) is 6.39. The molecular weight excluding hydrogens is 431 g/mol. The van der Waals surface area contributed by atoms with Crippen LogP contribution in [0, 0.1) is 18.3 Å². The highest BCUT2D eigenvalue weighted by molar-refractivity contribution is 6.07. The Bertz CT molecular complexity index is 1180. The highest BCUT2D eigenvalue weighted by Gasteiger charge is 2.45. The van der Waals surface area contributed by atoms with Gasteiger partial charge in [0.2, 0.25) is 0 Å². The van der Waals surface area contributed by atoms with Gasteiger partial charge in [0.1, 0.15) is 17.4 Å². The number of amides is 1. The average molecular weight is 455 g/mol. The SMILES string of the molecule is Cc1ccc(C2=C(C#N)C(=O)N[C@@]3(CCc4cc(OCCCC(F)(F)F)ccc43)C2)cc1N. The van der Waals surface area contributed by atoms with Crippen LogP contribution in [0.15, 0.2) is 42.0 Å². The van der Waals surface area contributed by atoms with Gasteiger partial charge in [-0.3, -0.25) is 4.79 Å². The van der Waals surface area contributed by atoms with Gasteiger partial charge in [0, 0.05) is 18.5 Å². The molecule has 0 saturated heterocycles. The number of nitrogens with one attached hydrogen (secondary N) is 1. The molecule has 1 aliphatic heterocycles. The minimum absolute atomic E-state index is 0.0204. The summed E-state index contributed by atoms with van der Waals surface area (Å²) in [6.07, 6.45) is -3.40. The van der Waals surface area contributed by atoms with Crippen molar-refractivity contribution in [2.75, 3.05) is 12.3 Å². The number of halogens is 3. The lowest BCUT2D eigenvalue weighted by molar-refractivity contribution is -0.136. The molecule has 2 aliphatic rings. The number of nitrogen functional groups attached to an aromatic ring is 1. The Labute approximate surface area is 190 Å². The number of fused-ring (bicyclic) bond motifs is 2. The summed E-state index contributed by atoms with van der Waals surface area (Å²) < 4.78 is 42.5. The first-order valence-electron chi connectivity index (χ1n) is 10.8. The minimum atomic E-state index is -4.19. The maximum atomic E-state index is 12.9. The molecule has 0 bridgehead atoms. The van der Waals surface area contributed by atoms with Crippen LogP contribution in [0.25, 0.3) is 5.57 Å². The fourth-order valence-corrected chi connectivity index (χ4v) is 4.64. The quantitative estimate of drug-likeness (QED) is 0.494. The second-order valence-electron chi connectivity index (χ2n) is 8.64. The number of hydrogen-bond acceptors (Lipinski definition) is 4. The predicted molar refractivity (Wildman–Crippen MR) is 118 cm³/mol. The molecule has 1 atom stereocenters. The van der Waals surface area contributed by atoms with Crippen LogP contribution < -0.4 is 15.8 Å². The number of ether oxygens (including phenoxy) is 1. The second-order valence-corrected chi connectivity index (χ2v) is 8.64. The van der Waals surface area contributed by atoms with Gasteiger partial charge >= 0.3 is 6.18 Å². The van der Waals surface area contributed by atoms with E-state index in [1.165, 1.54) is 0 Å². The topological polar surface area (TPSA) is 88.1 Å². The lowest BCUT2D eigenvalue weighted by Gasteiger charge is -2.37. The summed E-state index contributed by atoms with van der Waals surface area (Å²) in [5.41, 5.74) is 10.3. The van der Waals surface area contributed by atoms with E-state index in [-0.39, 0.29) is 18.6 Å². The molecule has 1 aliphatic carbocycles. The van der Waals surface area contributed by atoms with Gasteiger partial charge < -0.3 is 15.8 Å². The van der Waals surface area contributed by atoms with Crippen LogP contribution in [-0.2, 0) is 16.8 Å². The van der Waals surface area contributed by atoms with Crippen LogP contribution in [0.2, 0.25) is 0 Å². The van der Waals surface area contributed by atoms with Crippen LogP contribution in [0.4, 0.5) is 18.9 Å². The molecule has 172 valence electrons. The Morgan fingerprint density at radius 2 is 2.03 bits per heavy atom. The van der Waals surface area contributed by atoms with Crippen molar-refractivity contribution in [3.05, 3.63) is 64.2 Å². The van der Waals surface area contributed by atoms with E-state index in [1.807, 2.05) is 37.3 Å². The van der Waals surface area contributed by atoms with Crippen molar-refractivity contribution in [3.8, 4) is 11.8 Å². The summed E-state index contributed by atoms with van der Waals surface area (Å²) in [4.78, 5) is 12.9. The van der Waals surface area contributed by atoms with E-state index in [4.69, 9.17) is 10.5 Å². The lowest BCUT2D eigenvalue weighted by Crippen LogP contribution is -2.48. The monoisotopic (exact) mass is 455 g/mol. The number of carbonyl (C=O) groups excluding carboxylic acids is 1. The molecular formula is C25H24F3N3O2. The van der Waals surface area contributed by atoms with E-state index in [0.29, 0.717) is 36.3 Å². The molecule has 1 heterocycles. The molecule has 0 aromatic heterocycles. The summed E-state index contributed by atoms with van der Waals surface area (Å²) in [5.74, 6) is 0.0909. The molecule has 0 saturated carbocycles. The van der Waals surface area contributed by atoms with E-state index < -0.39 is 24.0 Å². The molecule has 1 spiro atoms. The van der Waals surface area contributed by atoms with Gasteiger partial charge in [0.05, 0.1) is 12.1 Å². The van der Waals surface area contributed by atoms with Gasteiger partial charge in [-0.1, -0.05) is 18.2 Å². The summed E-state index contributed by atoms with van der Waals surface area (Å²) in [7, 11) is 0. The van der Waals surface area contributed by atoms with E-state index in [1.54, 1.807) is 12.1 Å². The molecule has 8 heteroatoms. The highest BCUT2D eigenvalue weighted by atomic mass is 19.4. The van der Waals surface area contributed by atoms with Gasteiger partial charge in [-0.15, -0.1) is 0 Å². The van der Waals surface area contributed by atoms with Gasteiger partial charge in [0.15, 0.2) is 0 Å². The molecule has 2 aromatic carbocycles. The maximum absolute atomic E-state index is 12.9. The Hall–Kier alpha value is -3.47. The first kappa shape index (κ1) is 22.7. The lowest BCUT2D eigenvalue weighted by atomic mass is 9.78. The minimum Gasteiger partial charge on any atom is -0.494 e. The zero-order valence-electron chi connectivity index (χ0n) is 18.2. The zero-order valence-corrected chi connectivity index (χ0v) is 18.2. The number of alkyl halides is 3. The molecule has 0 fully saturated rings. The van der Waals surface area contributed by atoms with Gasteiger partial charge in [-0.25, -0.2) is 0 Å². The molecule has 3 N–H and O–H groups in total. The Balaban J connectivity index is 1.59. The summed E-state index contributed by atoms with van der Waals surface area (Å²) in [5, 5.41) is 12.7. The number of nitriles is 1. The number of nitrogens with zero attached hydrogens (tertiary/aromatic N) is 1. The first-order chi connectivity index (χ1) is 15.6. The number of aryl methyl sites for hydroxylation is 2. The van der Waals surface area contributed by atoms with Gasteiger partial charge in [0.25, 0.3) is 5.91 Å². The van der Waals surface area contributed by atoms with Crippen LogP contribution in [0.3, 0.4) is 0 Å². The van der Waals surface area contributed by atoms with E-state index >= 15 is 0 Å². The Morgan fingerprint density at radius 3 is 2.73 bits per heavy atom. The highest BCUT2D eigenvalue weighted by Crippen LogP contribution is 2.47. The predicted octanol–water partition coefficient (Wildman–Crippen LogP) is 4.94. The fraction of sp³-hybridized carbons (Fsp3) is 0.360. The fourth-order valence-electron chi connectivity index (χ4n) is 4.64. The van der Waals surface area contributed by atoms with E-state index in [2.05, 4.69) is 5.32 Å². The molecule has 33 heavy (non-hydrogen) atoms. The molecule has 4 rings (SSSR count). The molecule has 2 aromatic rings. The van der Waals surface area contributed by atoms with E-state index in [0.717, 1.165) is 22.3 Å². The summed E-state index contributed by atoms with van der Waals surface area (Å²) in [6.45, 7) is 1.87. The van der Waals surface area contributed by atoms with Crippen LogP contribution in [0.5, 0.6) is 5.75 Å². The molecule has 1 amide bonds. The van der Waals surface area contributed by atoms with Crippen molar-refractivity contribution in [2.24, 2.45) is 0 Å². The van der Waals surface area contributed by atoms with Gasteiger partial charge in [-0.05, 0) is 72.2 Å². The van der Waals surface area contributed by atoms with Crippen LogP contribution >= 0.6 is 0 Å². The van der Waals surface area contributed by atoms with Crippen LogP contribution in [0.1, 0.15) is 47.9 Å². The van der Waals surface area contributed by atoms with Crippen molar-refractivity contribution < 1.29 is 22.7 Å². The number of hydrogen-bond donors (Lipinski definition) is 2. The standard InChI is InChI=1S/C25H24F3N3O2/c1-15-3-4-16(12-22(15)30)19-13-24(31-23(32)20(19)14-29)9-7-17-11-18(5-6-21(17)24)33-10-2-8-25(26,27)28/h3-6,11-12H,2,7-10,13,30H2,1H3,(H,31,32)/t24-/m0/s1. The average Bonchev–Trinajstić information content (AvgIpc) is 3.09. The zero-order chi connectivity index (χ0) is 23.8. The van der Waals surface area contributed by atoms with Crippen molar-refractivity contribution in [3.63, 3.8) is 0 Å². The van der Waals surface area contributed by atoms with E-state index in [9.17, 15) is 23.2 Å². The Morgan fingerprint density at radius 1 is 1.24 bits per heavy atom. The summed E-state index contributed by atoms with van der Waals surface area (Å²) in [6, 6.07) is 13.0. The molecule has 5 nitrogen and oxygen atoms in total. The van der Waals surface area contributed by atoms with Crippen molar-refractivity contribution >= 4 is 17.2 Å².